The van der Waals surface area contributed by atoms with Crippen molar-refractivity contribution in [2.75, 3.05) is 20.3 Å². The van der Waals surface area contributed by atoms with Gasteiger partial charge in [0.05, 0.1) is 25.7 Å². The predicted octanol–water partition coefficient (Wildman–Crippen LogP) is 1.88. The molecule has 3 N–H and O–H groups in total. The Balaban J connectivity index is 1.59. The molecule has 5 rings (SSSR count). The minimum absolute atomic E-state index is 0.0419. The number of nitrogens with zero attached hydrogens (tertiary/aromatic N) is 1. The Hall–Kier alpha value is -3.69. The van der Waals surface area contributed by atoms with Crippen LogP contribution in [0.2, 0.25) is 0 Å². The van der Waals surface area contributed by atoms with Gasteiger partial charge < -0.3 is 29.9 Å². The molecule has 9 nitrogen and oxygen atoms in total. The Bertz CT molecular complexity index is 1270. The number of hydrogen-bond acceptors (Lipinski definition) is 7. The molecule has 0 aromatic heterocycles. The third-order valence-corrected chi connectivity index (χ3v) is 7.45. The lowest BCUT2D eigenvalue weighted by atomic mass is 9.77. The third kappa shape index (κ3) is 4.79. The van der Waals surface area contributed by atoms with Gasteiger partial charge in [-0.25, -0.2) is 0 Å². The molecule has 0 bridgehead atoms. The van der Waals surface area contributed by atoms with E-state index >= 15 is 0 Å². The second-order valence-corrected chi connectivity index (χ2v) is 10.1. The third-order valence-electron chi connectivity index (χ3n) is 7.45. The number of nitrogens with one attached hydrogen (secondary N) is 1. The summed E-state index contributed by atoms with van der Waals surface area (Å²) in [5.41, 5.74) is 3.21. The maximum atomic E-state index is 13.5. The Morgan fingerprint density at radius 1 is 1.21 bits per heavy atom. The van der Waals surface area contributed by atoms with E-state index in [1.54, 1.807) is 23.1 Å². The maximum absolute atomic E-state index is 13.5. The number of ether oxygens (including phenoxy) is 2. The number of aliphatic hydroxyl groups excluding tert-OH is 2. The Kier molecular flexibility index (Phi) is 7.23. The fourth-order valence-electron chi connectivity index (χ4n) is 5.34. The van der Waals surface area contributed by atoms with Crippen molar-refractivity contribution in [2.45, 2.75) is 50.5 Å². The number of hydrogen-bond donors (Lipinski definition) is 3. The van der Waals surface area contributed by atoms with Crippen molar-refractivity contribution in [3.05, 3.63) is 70.3 Å². The molecule has 1 fully saturated rings. The second kappa shape index (κ2) is 10.6. The lowest BCUT2D eigenvalue weighted by Crippen LogP contribution is -2.55. The first-order valence-corrected chi connectivity index (χ1v) is 12.8. The summed E-state index contributed by atoms with van der Waals surface area (Å²) in [6.07, 6.45) is 1.87. The van der Waals surface area contributed by atoms with Crippen LogP contribution in [0.3, 0.4) is 0 Å². The van der Waals surface area contributed by atoms with E-state index in [0.29, 0.717) is 34.5 Å². The first-order valence-electron chi connectivity index (χ1n) is 12.8. The van der Waals surface area contributed by atoms with E-state index in [9.17, 15) is 24.6 Å². The van der Waals surface area contributed by atoms with Gasteiger partial charge in [0.1, 0.15) is 18.5 Å². The first-order chi connectivity index (χ1) is 18.4. The predicted molar refractivity (Wildman–Crippen MR) is 138 cm³/mol. The van der Waals surface area contributed by atoms with Crippen molar-refractivity contribution in [1.29, 1.82) is 0 Å². The summed E-state index contributed by atoms with van der Waals surface area (Å²) < 4.78 is 11.7. The van der Waals surface area contributed by atoms with E-state index in [-0.39, 0.29) is 31.5 Å². The zero-order valence-electron chi connectivity index (χ0n) is 21.4. The molecule has 1 saturated carbocycles. The van der Waals surface area contributed by atoms with Crippen molar-refractivity contribution in [1.82, 2.24) is 10.2 Å². The van der Waals surface area contributed by atoms with Crippen LogP contribution in [-0.2, 0) is 16.1 Å². The number of aldehydes is 1. The van der Waals surface area contributed by atoms with Crippen LogP contribution < -0.4 is 14.8 Å². The van der Waals surface area contributed by atoms with Gasteiger partial charge in [-0.2, -0.15) is 0 Å². The van der Waals surface area contributed by atoms with E-state index in [2.05, 4.69) is 5.32 Å². The second-order valence-electron chi connectivity index (χ2n) is 10.1. The topological polar surface area (TPSA) is 125 Å². The molecule has 200 valence electrons. The van der Waals surface area contributed by atoms with Crippen LogP contribution in [0.15, 0.2) is 48.0 Å². The Morgan fingerprint density at radius 3 is 2.58 bits per heavy atom. The average molecular weight is 521 g/mol. The number of amides is 2. The van der Waals surface area contributed by atoms with Crippen LogP contribution >= 0.6 is 0 Å². The molecule has 0 spiro atoms. The van der Waals surface area contributed by atoms with Gasteiger partial charge in [-0.15, -0.1) is 0 Å². The largest absolute Gasteiger partial charge is 0.493 e. The molecule has 2 aromatic carbocycles. The van der Waals surface area contributed by atoms with Crippen molar-refractivity contribution in [2.24, 2.45) is 5.92 Å². The van der Waals surface area contributed by atoms with Gasteiger partial charge >= 0.3 is 0 Å². The Labute approximate surface area is 221 Å². The summed E-state index contributed by atoms with van der Waals surface area (Å²) in [5.74, 6) is -0.637. The number of carbonyl (C=O) groups is 3. The number of aliphatic hydroxyl groups is 2. The van der Waals surface area contributed by atoms with Crippen LogP contribution in [-0.4, -0.2) is 71.7 Å². The van der Waals surface area contributed by atoms with Crippen molar-refractivity contribution >= 4 is 18.1 Å². The van der Waals surface area contributed by atoms with Gasteiger partial charge in [0.25, 0.3) is 0 Å². The smallest absolute Gasteiger partial charge is 0.247 e. The molecule has 0 unspecified atom stereocenters. The summed E-state index contributed by atoms with van der Waals surface area (Å²) in [6.45, 7) is 2.05. The molecule has 3 aliphatic rings. The number of aryl methyl sites for hydroxylation is 1. The highest BCUT2D eigenvalue weighted by atomic mass is 16.5. The molecule has 9 heteroatoms. The highest BCUT2D eigenvalue weighted by molar-refractivity contribution is 5.96. The number of carbonyl (C=O) groups excluding carboxylic acids is 3. The monoisotopic (exact) mass is 520 g/mol. The molecule has 2 aromatic rings. The summed E-state index contributed by atoms with van der Waals surface area (Å²) in [7, 11) is 1.46. The van der Waals surface area contributed by atoms with E-state index in [4.69, 9.17) is 9.47 Å². The molecule has 1 heterocycles. The summed E-state index contributed by atoms with van der Waals surface area (Å²) in [6, 6.07) is 10.2. The summed E-state index contributed by atoms with van der Waals surface area (Å²) in [5, 5.41) is 23.7. The van der Waals surface area contributed by atoms with Gasteiger partial charge in [-0.1, -0.05) is 29.8 Å². The quantitative estimate of drug-likeness (QED) is 0.431. The average Bonchev–Trinajstić information content (AvgIpc) is 3.71. The number of methoxy groups -OCH3 is 1. The normalized spacial score (nSPS) is 23.4. The molecule has 4 atom stereocenters. The van der Waals surface area contributed by atoms with E-state index in [1.165, 1.54) is 7.11 Å². The minimum atomic E-state index is -1.15. The standard InChI is InChI=1S/C29H32N2O7/c1-16-3-5-17(6-4-16)14-31(29(36)19-7-8-19)22-13-21(28(35)30-9-10-32)24-20-11-18(15-33)12-23(37-2)26(20)38-27(24)25(22)34/h3-6,11-13,15,19,22,24-25,27,32,34H,7-10,14H2,1-2H3,(H,30,35)/t22-,24+,25+,27+/m1/s1. The molecule has 2 aliphatic carbocycles. The fraction of sp³-hybridized carbons (Fsp3) is 0.414. The number of rotatable bonds is 9. The molecule has 2 amide bonds. The number of fused-ring (bicyclic) bond motifs is 3. The highest BCUT2D eigenvalue weighted by Crippen LogP contribution is 2.51. The summed E-state index contributed by atoms with van der Waals surface area (Å²) >= 11 is 0. The van der Waals surface area contributed by atoms with Crippen LogP contribution in [0, 0.1) is 12.8 Å². The van der Waals surface area contributed by atoms with Gasteiger partial charge in [0.15, 0.2) is 11.5 Å². The lowest BCUT2D eigenvalue weighted by molar-refractivity contribution is -0.139. The Morgan fingerprint density at radius 2 is 1.95 bits per heavy atom. The van der Waals surface area contributed by atoms with Gasteiger partial charge in [0.2, 0.25) is 11.8 Å². The summed E-state index contributed by atoms with van der Waals surface area (Å²) in [4.78, 5) is 40.2. The zero-order chi connectivity index (χ0) is 27.0. The molecular weight excluding hydrogens is 488 g/mol. The van der Waals surface area contributed by atoms with Crippen LogP contribution in [0.4, 0.5) is 0 Å². The molecule has 1 aliphatic heterocycles. The maximum Gasteiger partial charge on any atom is 0.247 e. The van der Waals surface area contributed by atoms with Crippen LogP contribution in [0.5, 0.6) is 11.5 Å². The molecule has 0 saturated heterocycles. The van der Waals surface area contributed by atoms with Gasteiger partial charge in [0, 0.05) is 35.7 Å². The van der Waals surface area contributed by atoms with Crippen molar-refractivity contribution in [3.63, 3.8) is 0 Å². The van der Waals surface area contributed by atoms with Crippen molar-refractivity contribution < 1.29 is 34.1 Å². The van der Waals surface area contributed by atoms with E-state index in [0.717, 1.165) is 24.0 Å². The van der Waals surface area contributed by atoms with Crippen LogP contribution in [0.1, 0.15) is 45.8 Å². The molecule has 38 heavy (non-hydrogen) atoms. The lowest BCUT2D eigenvalue weighted by Gasteiger charge is -2.41. The van der Waals surface area contributed by atoms with E-state index < -0.39 is 30.1 Å². The van der Waals surface area contributed by atoms with Crippen molar-refractivity contribution in [3.8, 4) is 11.5 Å². The first kappa shape index (κ1) is 25.9. The SMILES string of the molecule is COc1cc(C=O)cc2c1O[C@@H]1[C@@H](O)[C@H](N(Cc3ccc(C)cc3)C(=O)C3CC3)C=C(C(=O)NCCO)[C@H]21. The number of benzene rings is 2. The fourth-order valence-corrected chi connectivity index (χ4v) is 5.34. The van der Waals surface area contributed by atoms with E-state index in [1.807, 2.05) is 31.2 Å². The van der Waals surface area contributed by atoms with Gasteiger partial charge in [-0.3, -0.25) is 14.4 Å². The van der Waals surface area contributed by atoms with Crippen LogP contribution in [0.25, 0.3) is 0 Å². The highest BCUT2D eigenvalue weighted by Gasteiger charge is 2.52. The zero-order valence-corrected chi connectivity index (χ0v) is 21.4. The minimum Gasteiger partial charge on any atom is -0.493 e. The van der Waals surface area contributed by atoms with Gasteiger partial charge in [-0.05, 0) is 43.5 Å². The molecule has 0 radical (unpaired) electrons. The molecular formula is C29H32N2O7.